The molecule has 1 aliphatic heterocycles. The van der Waals surface area contributed by atoms with Crippen LogP contribution in [0.5, 0.6) is 0 Å². The Hall–Kier alpha value is -5.27. The van der Waals surface area contributed by atoms with Crippen molar-refractivity contribution in [3.8, 4) is 0 Å². The SMILES string of the molecule is Cc1ccc(C[N+](C)(Cc2ccc(C)cc2)C[C@@H]2OC3(O[C@H]2C[N+](C)(Cc2ccc(C)cc2)Cc2ccc(C)cc2)[C@H](Cc2ccccc2)CCC[C@H]3Cc2ccccc2)cc1.F[B-](F)(F)F.F[B-](F)(F)F. The van der Waals surface area contributed by atoms with E-state index in [4.69, 9.17) is 9.47 Å². The lowest BCUT2D eigenvalue weighted by molar-refractivity contribution is -0.944. The third-order valence-electron chi connectivity index (χ3n) is 14.0. The lowest BCUT2D eigenvalue weighted by atomic mass is 9.71. The zero-order chi connectivity index (χ0) is 52.2. The molecule has 1 spiro atoms. The molecule has 6 aromatic carbocycles. The first-order valence-corrected chi connectivity index (χ1v) is 25.0. The maximum Gasteiger partial charge on any atom is 0.673 e. The Labute approximate surface area is 422 Å². The largest absolute Gasteiger partial charge is 0.673 e. The van der Waals surface area contributed by atoms with Crippen molar-refractivity contribution in [3.05, 3.63) is 213 Å². The van der Waals surface area contributed by atoms with E-state index in [-0.39, 0.29) is 24.0 Å². The highest BCUT2D eigenvalue weighted by Crippen LogP contribution is 2.51. The number of likely N-dealkylation sites (N-methyl/N-ethyl adjacent to an activating group) is 2. The average molecular weight is 1000 g/mol. The summed E-state index contributed by atoms with van der Waals surface area (Å²) in [5.74, 6) is -0.238. The topological polar surface area (TPSA) is 18.5 Å². The van der Waals surface area contributed by atoms with Crippen LogP contribution >= 0.6 is 0 Å². The Bertz CT molecular complexity index is 2260. The van der Waals surface area contributed by atoms with Gasteiger partial charge in [-0.1, -0.05) is 186 Å². The van der Waals surface area contributed by atoms with Crippen LogP contribution in [0, 0.1) is 39.5 Å². The molecule has 0 bridgehead atoms. The van der Waals surface area contributed by atoms with Crippen LogP contribution in [0.4, 0.5) is 34.5 Å². The molecule has 14 heteroatoms. The first kappa shape index (κ1) is 56.0. The maximum absolute atomic E-state index is 9.75. The Morgan fingerprint density at radius 2 is 0.653 bits per heavy atom. The Morgan fingerprint density at radius 1 is 0.403 bits per heavy atom. The van der Waals surface area contributed by atoms with E-state index in [2.05, 4.69) is 200 Å². The molecule has 8 rings (SSSR count). The molecule has 2 fully saturated rings. The highest BCUT2D eigenvalue weighted by Gasteiger charge is 2.60. The zero-order valence-corrected chi connectivity index (χ0v) is 42.5. The molecule has 2 aliphatic rings. The summed E-state index contributed by atoms with van der Waals surface area (Å²) in [7, 11) is -7.08. The van der Waals surface area contributed by atoms with Gasteiger partial charge in [-0.15, -0.1) is 0 Å². The highest BCUT2D eigenvalue weighted by molar-refractivity contribution is 6.50. The molecule has 1 heterocycles. The van der Waals surface area contributed by atoms with Crippen molar-refractivity contribution in [2.75, 3.05) is 27.2 Å². The number of rotatable bonds is 16. The van der Waals surface area contributed by atoms with Crippen molar-refractivity contribution in [1.29, 1.82) is 0 Å². The molecule has 4 atom stereocenters. The number of hydrogen-bond acceptors (Lipinski definition) is 2. The van der Waals surface area contributed by atoms with E-state index < -0.39 is 20.3 Å². The molecule has 0 amide bonds. The van der Waals surface area contributed by atoms with E-state index in [1.807, 2.05) is 0 Å². The van der Waals surface area contributed by atoms with Crippen molar-refractivity contribution in [1.82, 2.24) is 0 Å². The van der Waals surface area contributed by atoms with Gasteiger partial charge >= 0.3 is 14.5 Å². The minimum absolute atomic E-state index is 0.112. The summed E-state index contributed by atoms with van der Waals surface area (Å²) in [6, 6.07) is 59.0. The minimum Gasteiger partial charge on any atom is -0.418 e. The van der Waals surface area contributed by atoms with Gasteiger partial charge in [-0.25, -0.2) is 0 Å². The van der Waals surface area contributed by atoms with Crippen LogP contribution in [0.2, 0.25) is 0 Å². The van der Waals surface area contributed by atoms with E-state index in [0.717, 1.165) is 73.9 Å². The number of halogens is 8. The van der Waals surface area contributed by atoms with Gasteiger partial charge in [-0.2, -0.15) is 0 Å². The van der Waals surface area contributed by atoms with Crippen LogP contribution in [0.25, 0.3) is 0 Å². The lowest BCUT2D eigenvalue weighted by Gasteiger charge is -2.46. The number of nitrogens with zero attached hydrogens (tertiary/aromatic N) is 2. The Kier molecular flexibility index (Phi) is 19.2. The third-order valence-corrected chi connectivity index (χ3v) is 14.0. The predicted octanol–water partition coefficient (Wildman–Crippen LogP) is 14.9. The molecule has 0 aromatic heterocycles. The molecule has 1 saturated heterocycles. The summed E-state index contributed by atoms with van der Waals surface area (Å²) in [4.78, 5) is 0. The number of hydrogen-bond donors (Lipinski definition) is 0. The second-order valence-corrected chi connectivity index (χ2v) is 20.9. The summed E-state index contributed by atoms with van der Waals surface area (Å²) in [6.07, 6.45) is 5.04. The van der Waals surface area contributed by atoms with Gasteiger partial charge in [0.1, 0.15) is 51.5 Å². The van der Waals surface area contributed by atoms with Crippen molar-refractivity contribution in [2.24, 2.45) is 11.8 Å². The maximum atomic E-state index is 9.75. The molecule has 0 radical (unpaired) electrons. The second kappa shape index (κ2) is 24.6. The summed E-state index contributed by atoms with van der Waals surface area (Å²) < 4.78 is 95.7. The second-order valence-electron chi connectivity index (χ2n) is 20.9. The fourth-order valence-corrected chi connectivity index (χ4v) is 10.8. The quantitative estimate of drug-likeness (QED) is 0.0546. The predicted molar refractivity (Wildman–Crippen MR) is 276 cm³/mol. The summed E-state index contributed by atoms with van der Waals surface area (Å²) in [5, 5.41) is 0. The molecule has 4 nitrogen and oxygen atoms in total. The summed E-state index contributed by atoms with van der Waals surface area (Å²) >= 11 is 0. The van der Waals surface area contributed by atoms with Crippen LogP contribution in [0.1, 0.15) is 74.9 Å². The standard InChI is InChI=1S/C58H70N2O2.2BF4/c1-44-20-28-50(29-21-44)38-59(5,39-51-30-22-45(2)23-31-51)42-56-57(43-60(6,40-52-32-24-46(3)25-33-52)41-53-34-26-47(4)27-35-53)62-58(61-56)54(36-48-14-9-7-10-15-48)18-13-19-55(58)37-49-16-11-8-12-17-49;2*2-1(3,4)5/h7-12,14-17,20-35,54-57H,13,18-19,36-43H2,1-6H3;;/q+2;2*-1/t54-,55-,56-,57-;;/m0../s1. The third kappa shape index (κ3) is 18.0. The summed E-state index contributed by atoms with van der Waals surface area (Å²) in [5.41, 5.74) is 13.3. The van der Waals surface area contributed by atoms with E-state index in [1.54, 1.807) is 0 Å². The van der Waals surface area contributed by atoms with Crippen LogP contribution < -0.4 is 0 Å². The molecule has 1 saturated carbocycles. The lowest BCUT2D eigenvalue weighted by Crippen LogP contribution is -2.54. The zero-order valence-electron chi connectivity index (χ0n) is 42.5. The average Bonchev–Trinajstić information content (AvgIpc) is 3.64. The van der Waals surface area contributed by atoms with Crippen molar-refractivity contribution < 1.29 is 53.0 Å². The molecular weight excluding hydrogens is 930 g/mol. The fraction of sp³-hybridized carbons (Fsp3) is 0.379. The molecule has 0 N–H and O–H groups in total. The van der Waals surface area contributed by atoms with Gasteiger partial charge < -0.3 is 53.0 Å². The van der Waals surface area contributed by atoms with Gasteiger partial charge in [-0.3, -0.25) is 0 Å². The molecule has 386 valence electrons. The Balaban J connectivity index is 0.000000772. The van der Waals surface area contributed by atoms with E-state index in [9.17, 15) is 34.5 Å². The van der Waals surface area contributed by atoms with Gasteiger partial charge in [0.05, 0.1) is 14.1 Å². The molecule has 72 heavy (non-hydrogen) atoms. The van der Waals surface area contributed by atoms with Crippen LogP contribution in [-0.4, -0.2) is 68.7 Å². The van der Waals surface area contributed by atoms with Crippen LogP contribution in [-0.2, 0) is 48.5 Å². The first-order chi connectivity index (χ1) is 33.9. The molecule has 6 aromatic rings. The molecule has 0 unspecified atom stereocenters. The number of benzene rings is 6. The fourth-order valence-electron chi connectivity index (χ4n) is 10.8. The number of ether oxygens (including phenoxy) is 2. The van der Waals surface area contributed by atoms with Gasteiger partial charge in [0.15, 0.2) is 5.79 Å². The molecular formula is C58H70B2F8N2O2. The van der Waals surface area contributed by atoms with Gasteiger partial charge in [-0.05, 0) is 64.5 Å². The normalized spacial score (nSPS) is 19.0. The number of quaternary nitrogens is 2. The van der Waals surface area contributed by atoms with Gasteiger partial charge in [0.2, 0.25) is 0 Å². The van der Waals surface area contributed by atoms with Crippen molar-refractivity contribution in [2.45, 2.75) is 104 Å². The first-order valence-electron chi connectivity index (χ1n) is 25.0. The van der Waals surface area contributed by atoms with E-state index in [0.29, 0.717) is 0 Å². The van der Waals surface area contributed by atoms with Crippen molar-refractivity contribution in [3.63, 3.8) is 0 Å². The van der Waals surface area contributed by atoms with Crippen molar-refractivity contribution >= 4 is 14.5 Å². The Morgan fingerprint density at radius 3 is 0.903 bits per heavy atom. The molecule has 1 aliphatic carbocycles. The minimum atomic E-state index is -6.00. The highest BCUT2D eigenvalue weighted by atomic mass is 19.5. The smallest absolute Gasteiger partial charge is 0.418 e. The monoisotopic (exact) mass is 1000 g/mol. The van der Waals surface area contributed by atoms with Gasteiger partial charge in [0, 0.05) is 34.1 Å². The van der Waals surface area contributed by atoms with E-state index >= 15 is 0 Å². The van der Waals surface area contributed by atoms with Gasteiger partial charge in [0.25, 0.3) is 0 Å². The summed E-state index contributed by atoms with van der Waals surface area (Å²) in [6.45, 7) is 14.1. The van der Waals surface area contributed by atoms with Crippen LogP contribution in [0.3, 0.4) is 0 Å². The van der Waals surface area contributed by atoms with Crippen LogP contribution in [0.15, 0.2) is 158 Å². The van der Waals surface area contributed by atoms with E-state index in [1.165, 1.54) is 62.1 Å². The number of aryl methyl sites for hydroxylation is 4.